The van der Waals surface area contributed by atoms with Crippen LogP contribution in [-0.4, -0.2) is 78.2 Å². The number of alkyl halides is 3. The van der Waals surface area contributed by atoms with E-state index in [-0.39, 0.29) is 35.2 Å². The number of pyridine rings is 1. The maximum absolute atomic E-state index is 15.9. The predicted octanol–water partition coefficient (Wildman–Crippen LogP) is 5.54. The van der Waals surface area contributed by atoms with Crippen molar-refractivity contribution in [3.63, 3.8) is 0 Å². The number of carbonyl (C=O) groups excluding carboxylic acids is 2. The smallest absolute Gasteiger partial charge is 0.416 e. The second kappa shape index (κ2) is 13.1. The average molecular weight is 759 g/mol. The molecule has 280 valence electrons. The first-order valence-electron chi connectivity index (χ1n) is 16.6. The molecule has 0 bridgehead atoms. The summed E-state index contributed by atoms with van der Waals surface area (Å²) in [4.78, 5) is 38.2. The summed E-state index contributed by atoms with van der Waals surface area (Å²) in [6.45, 7) is 5.91. The third-order valence-corrected chi connectivity index (χ3v) is 10.7. The fraction of sp³-hybridized carbons (Fsp3) is 0.400. The molecular formula is C35H34F4N6O7S. The molecule has 2 aromatic carbocycles. The van der Waals surface area contributed by atoms with Crippen LogP contribution in [0.3, 0.4) is 0 Å². The summed E-state index contributed by atoms with van der Waals surface area (Å²) in [5.74, 6) is -2.92. The monoisotopic (exact) mass is 758 g/mol. The standard InChI is InChI=1S/C35H34F4N6O7S/c1-33(2,3)51-32(47)41-26-18-53(48,49)28-15-24(36)23(29-42-31(52-43-29)44-12-13-50-34(19-44)10-11-34)14-27(28)45(30(26)46)17-20-4-9-25(40-16-20)21-5-7-22(8-6-21)35(37,38)39/h4-9,14-16,26H,10-13,17-19H2,1-3H3,(H,41,47)/t26-/m0/s1. The number of anilines is 2. The summed E-state index contributed by atoms with van der Waals surface area (Å²) in [5, 5.41) is 6.32. The van der Waals surface area contributed by atoms with Crippen LogP contribution in [-0.2, 0) is 36.8 Å². The van der Waals surface area contributed by atoms with Crippen LogP contribution >= 0.6 is 0 Å². The van der Waals surface area contributed by atoms with Crippen LogP contribution in [0.2, 0.25) is 0 Å². The molecule has 7 rings (SSSR count). The Bertz CT molecular complexity index is 2170. The molecule has 1 atom stereocenters. The van der Waals surface area contributed by atoms with Crippen LogP contribution in [0.4, 0.5) is 34.1 Å². The van der Waals surface area contributed by atoms with Crippen LogP contribution in [0.1, 0.15) is 44.7 Å². The molecule has 1 saturated carbocycles. The quantitative estimate of drug-likeness (QED) is 0.246. The van der Waals surface area contributed by atoms with Gasteiger partial charge >= 0.3 is 18.3 Å². The number of hydrogen-bond acceptors (Lipinski definition) is 11. The van der Waals surface area contributed by atoms with E-state index in [2.05, 4.69) is 20.4 Å². The molecule has 2 aliphatic heterocycles. The van der Waals surface area contributed by atoms with Gasteiger partial charge in [0, 0.05) is 18.3 Å². The van der Waals surface area contributed by atoms with Crippen molar-refractivity contribution >= 4 is 33.5 Å². The first-order valence-corrected chi connectivity index (χ1v) is 18.3. The molecular weight excluding hydrogens is 724 g/mol. The van der Waals surface area contributed by atoms with E-state index in [0.29, 0.717) is 36.5 Å². The number of ether oxygens (including phenoxy) is 2. The fourth-order valence-electron chi connectivity index (χ4n) is 6.18. The van der Waals surface area contributed by atoms with Gasteiger partial charge in [-0.3, -0.25) is 9.78 Å². The first-order chi connectivity index (χ1) is 24.9. The highest BCUT2D eigenvalue weighted by molar-refractivity contribution is 7.91. The van der Waals surface area contributed by atoms with E-state index in [1.165, 1.54) is 24.4 Å². The number of morpholine rings is 1. The lowest BCUT2D eigenvalue weighted by atomic mass is 10.1. The van der Waals surface area contributed by atoms with Crippen LogP contribution < -0.4 is 15.1 Å². The summed E-state index contributed by atoms with van der Waals surface area (Å²) in [5.41, 5.74) is -1.39. The van der Waals surface area contributed by atoms with Gasteiger partial charge in [0.15, 0.2) is 9.84 Å². The zero-order valence-corrected chi connectivity index (χ0v) is 29.6. The van der Waals surface area contributed by atoms with Gasteiger partial charge in [0.1, 0.15) is 17.5 Å². The average Bonchev–Trinajstić information content (AvgIpc) is 3.64. The van der Waals surface area contributed by atoms with E-state index in [4.69, 9.17) is 14.0 Å². The second-order valence-corrected chi connectivity index (χ2v) is 16.2. The normalized spacial score (nSPS) is 19.5. The van der Waals surface area contributed by atoms with Crippen molar-refractivity contribution in [2.24, 2.45) is 0 Å². The SMILES string of the molecule is CC(C)(C)OC(=O)N[C@H]1CS(=O)(=O)c2cc(F)c(-c3noc(N4CCOC5(CC5)C4)n3)cc2N(Cc2ccc(-c3ccc(C(F)(F)F)cc3)nc2)C1=O. The molecule has 1 spiro atoms. The molecule has 13 nitrogen and oxygen atoms in total. The number of nitrogens with zero attached hydrogens (tertiary/aromatic N) is 5. The van der Waals surface area contributed by atoms with E-state index < -0.39 is 61.7 Å². The molecule has 0 unspecified atom stereocenters. The maximum atomic E-state index is 15.9. The van der Waals surface area contributed by atoms with Crippen LogP contribution in [0, 0.1) is 5.82 Å². The van der Waals surface area contributed by atoms with Crippen LogP contribution in [0.5, 0.6) is 0 Å². The Morgan fingerprint density at radius 3 is 2.47 bits per heavy atom. The minimum atomic E-state index is -4.51. The van der Waals surface area contributed by atoms with Crippen molar-refractivity contribution in [3.05, 3.63) is 71.7 Å². The van der Waals surface area contributed by atoms with Crippen molar-refractivity contribution in [1.82, 2.24) is 20.4 Å². The Hall–Kier alpha value is -5.10. The first kappa shape index (κ1) is 36.3. The van der Waals surface area contributed by atoms with E-state index in [1.54, 1.807) is 26.8 Å². The van der Waals surface area contributed by atoms with Crippen molar-refractivity contribution < 1.29 is 49.6 Å². The minimum Gasteiger partial charge on any atom is -0.444 e. The molecule has 1 saturated heterocycles. The largest absolute Gasteiger partial charge is 0.444 e. The number of aromatic nitrogens is 3. The molecule has 4 aromatic rings. The lowest BCUT2D eigenvalue weighted by Gasteiger charge is -2.31. The number of carbonyl (C=O) groups is 2. The number of benzene rings is 2. The number of rotatable bonds is 6. The lowest BCUT2D eigenvalue weighted by Crippen LogP contribution is -2.51. The number of sulfone groups is 1. The van der Waals surface area contributed by atoms with Gasteiger partial charge < -0.3 is 29.1 Å². The molecule has 53 heavy (non-hydrogen) atoms. The van der Waals surface area contributed by atoms with Crippen molar-refractivity contribution in [2.75, 3.05) is 35.2 Å². The topological polar surface area (TPSA) is 157 Å². The summed E-state index contributed by atoms with van der Waals surface area (Å²) in [7, 11) is -4.43. The van der Waals surface area contributed by atoms with Crippen molar-refractivity contribution in [2.45, 2.75) is 68.5 Å². The van der Waals surface area contributed by atoms with Gasteiger partial charge in [-0.05, 0) is 69.5 Å². The van der Waals surface area contributed by atoms with Crippen molar-refractivity contribution in [3.8, 4) is 22.6 Å². The lowest BCUT2D eigenvalue weighted by molar-refractivity contribution is -0.137. The Balaban J connectivity index is 1.24. The van der Waals surface area contributed by atoms with Gasteiger partial charge in [-0.1, -0.05) is 23.4 Å². The van der Waals surface area contributed by atoms with E-state index in [0.717, 1.165) is 42.0 Å². The summed E-state index contributed by atoms with van der Waals surface area (Å²) < 4.78 is 99.3. The Morgan fingerprint density at radius 2 is 1.83 bits per heavy atom. The fourth-order valence-corrected chi connectivity index (χ4v) is 7.80. The Morgan fingerprint density at radius 1 is 1.09 bits per heavy atom. The van der Waals surface area contributed by atoms with Gasteiger partial charge in [-0.2, -0.15) is 18.2 Å². The number of nitrogens with one attached hydrogen (secondary N) is 1. The molecule has 3 aliphatic rings. The summed E-state index contributed by atoms with van der Waals surface area (Å²) in [6, 6.07) is 7.94. The number of amides is 2. The van der Waals surface area contributed by atoms with Gasteiger partial charge in [-0.25, -0.2) is 17.6 Å². The summed E-state index contributed by atoms with van der Waals surface area (Å²) in [6.07, 6.45) is -2.40. The number of alkyl carbamates (subject to hydrolysis) is 1. The van der Waals surface area contributed by atoms with Gasteiger partial charge in [0.2, 0.25) is 5.82 Å². The molecule has 1 N–H and O–H groups in total. The van der Waals surface area contributed by atoms with Crippen molar-refractivity contribution in [1.29, 1.82) is 0 Å². The Kier molecular flexibility index (Phi) is 8.95. The predicted molar refractivity (Wildman–Crippen MR) is 181 cm³/mol. The maximum Gasteiger partial charge on any atom is 0.416 e. The number of halogens is 4. The highest BCUT2D eigenvalue weighted by Gasteiger charge is 2.48. The minimum absolute atomic E-state index is 0.130. The zero-order chi connectivity index (χ0) is 37.9. The van der Waals surface area contributed by atoms with E-state index in [1.807, 2.05) is 4.90 Å². The molecule has 2 aromatic heterocycles. The third-order valence-electron chi connectivity index (χ3n) is 8.97. The third kappa shape index (κ3) is 7.69. The van der Waals surface area contributed by atoms with Gasteiger partial charge in [0.25, 0.3) is 5.91 Å². The van der Waals surface area contributed by atoms with E-state index in [9.17, 15) is 31.2 Å². The highest BCUT2D eigenvalue weighted by atomic mass is 32.2. The molecule has 0 radical (unpaired) electrons. The molecule has 4 heterocycles. The zero-order valence-electron chi connectivity index (χ0n) is 28.7. The highest BCUT2D eigenvalue weighted by Crippen LogP contribution is 2.43. The molecule has 2 amide bonds. The number of hydrogen-bond donors (Lipinski definition) is 1. The van der Waals surface area contributed by atoms with Gasteiger partial charge in [-0.15, -0.1) is 0 Å². The van der Waals surface area contributed by atoms with Crippen LogP contribution in [0.25, 0.3) is 22.6 Å². The molecule has 1 aliphatic carbocycles. The number of fused-ring (bicyclic) bond motifs is 1. The Labute approximate surface area is 301 Å². The van der Waals surface area contributed by atoms with E-state index >= 15 is 4.39 Å². The second-order valence-electron chi connectivity index (χ2n) is 14.2. The molecule has 18 heteroatoms. The van der Waals surface area contributed by atoms with Crippen LogP contribution in [0.15, 0.2) is 64.1 Å². The summed E-state index contributed by atoms with van der Waals surface area (Å²) >= 11 is 0. The van der Waals surface area contributed by atoms with Gasteiger partial charge in [0.05, 0.1) is 58.5 Å². The molecule has 2 fully saturated rings.